The van der Waals surface area contributed by atoms with E-state index >= 15 is 0 Å². The van der Waals surface area contributed by atoms with Gasteiger partial charge in [0.15, 0.2) is 6.10 Å². The number of esters is 1. The van der Waals surface area contributed by atoms with E-state index < -0.39 is 12.1 Å². The summed E-state index contributed by atoms with van der Waals surface area (Å²) in [5, 5.41) is 10.3. The quantitative estimate of drug-likeness (QED) is 0.845. The van der Waals surface area contributed by atoms with Crippen molar-refractivity contribution in [2.24, 2.45) is 0 Å². The average Bonchev–Trinajstić information content (AvgIpc) is 2.32. The predicted octanol–water partition coefficient (Wildman–Crippen LogP) is 2.17. The summed E-state index contributed by atoms with van der Waals surface area (Å²) in [4.78, 5) is 11.3. The third kappa shape index (κ3) is 2.53. The van der Waals surface area contributed by atoms with Crippen LogP contribution in [0.5, 0.6) is 5.75 Å². The molecule has 1 rings (SSSR count). The van der Waals surface area contributed by atoms with E-state index in [1.54, 1.807) is 13.0 Å². The van der Waals surface area contributed by atoms with Crippen LogP contribution in [0.15, 0.2) is 6.07 Å². The second-order valence-electron chi connectivity index (χ2n) is 3.66. The third-order valence-corrected chi connectivity index (χ3v) is 3.07. The number of ether oxygens (including phenoxy) is 2. The van der Waals surface area contributed by atoms with Gasteiger partial charge >= 0.3 is 5.97 Å². The van der Waals surface area contributed by atoms with Gasteiger partial charge in [-0.3, -0.25) is 0 Å². The van der Waals surface area contributed by atoms with Gasteiger partial charge in [-0.05, 0) is 31.0 Å². The topological polar surface area (TPSA) is 55.8 Å². The summed E-state index contributed by atoms with van der Waals surface area (Å²) < 4.78 is 9.71. The maximum absolute atomic E-state index is 11.3. The maximum atomic E-state index is 11.3. The third-order valence-electron chi connectivity index (χ3n) is 2.68. The summed E-state index contributed by atoms with van der Waals surface area (Å²) in [6.45, 7) is 3.56. The van der Waals surface area contributed by atoms with Crippen LogP contribution in [-0.4, -0.2) is 25.3 Å². The summed E-state index contributed by atoms with van der Waals surface area (Å²) in [5.41, 5.74) is 1.84. The van der Waals surface area contributed by atoms with E-state index in [1.807, 2.05) is 6.92 Å². The predicted molar refractivity (Wildman–Crippen MR) is 64.5 cm³/mol. The average molecular weight is 259 g/mol. The van der Waals surface area contributed by atoms with E-state index in [4.69, 9.17) is 16.3 Å². The van der Waals surface area contributed by atoms with Gasteiger partial charge in [0.05, 0.1) is 14.2 Å². The van der Waals surface area contributed by atoms with Crippen LogP contribution in [0.25, 0.3) is 0 Å². The zero-order chi connectivity index (χ0) is 13.2. The fraction of sp³-hybridized carbons (Fsp3) is 0.417. The minimum absolute atomic E-state index is 0.393. The van der Waals surface area contributed by atoms with Gasteiger partial charge in [0.1, 0.15) is 5.75 Å². The Bertz CT molecular complexity index is 443. The Labute approximate surface area is 105 Å². The zero-order valence-electron chi connectivity index (χ0n) is 10.2. The van der Waals surface area contributed by atoms with Gasteiger partial charge in [-0.1, -0.05) is 11.6 Å². The fourth-order valence-electron chi connectivity index (χ4n) is 1.70. The van der Waals surface area contributed by atoms with Crippen molar-refractivity contribution in [3.63, 3.8) is 0 Å². The molecular formula is C12H15ClO4. The molecule has 0 spiro atoms. The van der Waals surface area contributed by atoms with Gasteiger partial charge in [-0.25, -0.2) is 4.79 Å². The zero-order valence-corrected chi connectivity index (χ0v) is 11.0. The number of benzene rings is 1. The van der Waals surface area contributed by atoms with Crippen molar-refractivity contribution < 1.29 is 19.4 Å². The monoisotopic (exact) mass is 258 g/mol. The molecule has 17 heavy (non-hydrogen) atoms. The summed E-state index contributed by atoms with van der Waals surface area (Å²) in [6, 6.07) is 1.55. The molecule has 0 aliphatic rings. The maximum Gasteiger partial charge on any atom is 0.339 e. The number of aliphatic hydroxyl groups excluding tert-OH is 1. The Balaban J connectivity index is 3.35. The number of methoxy groups -OCH3 is 2. The van der Waals surface area contributed by atoms with Gasteiger partial charge < -0.3 is 14.6 Å². The minimum atomic E-state index is -1.35. The van der Waals surface area contributed by atoms with Gasteiger partial charge in [0.2, 0.25) is 0 Å². The lowest BCUT2D eigenvalue weighted by Gasteiger charge is -2.17. The lowest BCUT2D eigenvalue weighted by Crippen LogP contribution is -2.15. The molecule has 0 bridgehead atoms. The Morgan fingerprint density at radius 1 is 1.35 bits per heavy atom. The van der Waals surface area contributed by atoms with Gasteiger partial charge in [0.25, 0.3) is 0 Å². The molecule has 0 aliphatic heterocycles. The fourth-order valence-corrected chi connectivity index (χ4v) is 1.91. The molecule has 1 atom stereocenters. The van der Waals surface area contributed by atoms with E-state index in [2.05, 4.69) is 4.74 Å². The molecule has 5 heteroatoms. The molecule has 0 aromatic heterocycles. The van der Waals surface area contributed by atoms with Crippen LogP contribution >= 0.6 is 11.6 Å². The second-order valence-corrected chi connectivity index (χ2v) is 4.06. The van der Waals surface area contributed by atoms with E-state index in [0.29, 0.717) is 21.9 Å². The molecule has 0 aliphatic carbocycles. The van der Waals surface area contributed by atoms with E-state index in [0.717, 1.165) is 5.56 Å². The number of carbonyl (C=O) groups excluding carboxylic acids is 1. The summed E-state index contributed by atoms with van der Waals surface area (Å²) in [6.07, 6.45) is -1.35. The van der Waals surface area contributed by atoms with Crippen molar-refractivity contribution in [1.29, 1.82) is 0 Å². The van der Waals surface area contributed by atoms with Crippen LogP contribution in [0.4, 0.5) is 0 Å². The van der Waals surface area contributed by atoms with Gasteiger partial charge in [-0.2, -0.15) is 0 Å². The summed E-state index contributed by atoms with van der Waals surface area (Å²) in [7, 11) is 2.73. The van der Waals surface area contributed by atoms with Crippen molar-refractivity contribution in [2.45, 2.75) is 20.0 Å². The minimum Gasteiger partial charge on any atom is -0.496 e. The first kappa shape index (κ1) is 13.8. The van der Waals surface area contributed by atoms with Crippen molar-refractivity contribution in [2.75, 3.05) is 14.2 Å². The van der Waals surface area contributed by atoms with E-state index in [9.17, 15) is 9.90 Å². The van der Waals surface area contributed by atoms with E-state index in [1.165, 1.54) is 14.2 Å². The molecular weight excluding hydrogens is 244 g/mol. The smallest absolute Gasteiger partial charge is 0.339 e. The Hall–Kier alpha value is -1.26. The van der Waals surface area contributed by atoms with Crippen molar-refractivity contribution >= 4 is 17.6 Å². The number of halogens is 1. The van der Waals surface area contributed by atoms with Crippen LogP contribution in [0.3, 0.4) is 0 Å². The summed E-state index contributed by atoms with van der Waals surface area (Å²) >= 11 is 6.02. The highest BCUT2D eigenvalue weighted by molar-refractivity contribution is 6.31. The van der Waals surface area contributed by atoms with E-state index in [-0.39, 0.29) is 0 Å². The molecule has 0 amide bonds. The lowest BCUT2D eigenvalue weighted by atomic mass is 9.99. The standard InChI is InChI=1S/C12H15ClO4/c1-6-8(10(14)12(15)17-4)5-9(13)7(2)11(6)16-3/h5,10,14H,1-4H3. The molecule has 4 nitrogen and oxygen atoms in total. The first-order chi connectivity index (χ1) is 7.93. The first-order valence-corrected chi connectivity index (χ1v) is 5.41. The number of aliphatic hydroxyl groups is 1. The Kier molecular flexibility index (Phi) is 4.37. The lowest BCUT2D eigenvalue weighted by molar-refractivity contribution is -0.150. The SMILES string of the molecule is COC(=O)C(O)c1cc(Cl)c(C)c(OC)c1C. The molecule has 1 unspecified atom stereocenters. The molecule has 1 aromatic rings. The second kappa shape index (κ2) is 5.38. The van der Waals surface area contributed by atoms with Gasteiger partial charge in [-0.15, -0.1) is 0 Å². The molecule has 0 radical (unpaired) electrons. The van der Waals surface area contributed by atoms with Crippen molar-refractivity contribution in [1.82, 2.24) is 0 Å². The van der Waals surface area contributed by atoms with Crippen molar-refractivity contribution in [3.05, 3.63) is 27.8 Å². The number of rotatable bonds is 3. The number of carbonyl (C=O) groups is 1. The first-order valence-electron chi connectivity index (χ1n) is 5.03. The highest BCUT2D eigenvalue weighted by Crippen LogP contribution is 2.35. The van der Waals surface area contributed by atoms with Crippen LogP contribution < -0.4 is 4.74 Å². The van der Waals surface area contributed by atoms with Crippen LogP contribution in [-0.2, 0) is 9.53 Å². The molecule has 0 heterocycles. The number of hydrogen-bond donors (Lipinski definition) is 1. The van der Waals surface area contributed by atoms with Crippen LogP contribution in [0, 0.1) is 13.8 Å². The van der Waals surface area contributed by atoms with Gasteiger partial charge in [0, 0.05) is 10.6 Å². The largest absolute Gasteiger partial charge is 0.496 e. The summed E-state index contributed by atoms with van der Waals surface area (Å²) in [5.74, 6) is -0.162. The molecule has 1 aromatic carbocycles. The molecule has 1 N–H and O–H groups in total. The number of hydrogen-bond acceptors (Lipinski definition) is 4. The highest BCUT2D eigenvalue weighted by Gasteiger charge is 2.23. The normalized spacial score (nSPS) is 12.1. The van der Waals surface area contributed by atoms with Crippen molar-refractivity contribution in [3.8, 4) is 5.75 Å². The highest BCUT2D eigenvalue weighted by atomic mass is 35.5. The Morgan fingerprint density at radius 2 is 1.94 bits per heavy atom. The molecule has 94 valence electrons. The van der Waals surface area contributed by atoms with Crippen LogP contribution in [0.2, 0.25) is 5.02 Å². The van der Waals surface area contributed by atoms with Crippen LogP contribution in [0.1, 0.15) is 22.8 Å². The molecule has 0 saturated heterocycles. The Morgan fingerprint density at radius 3 is 2.41 bits per heavy atom. The molecule has 0 saturated carbocycles. The molecule has 0 fully saturated rings.